The van der Waals surface area contributed by atoms with Crippen LogP contribution in [0.5, 0.6) is 17.2 Å². The first-order valence-corrected chi connectivity index (χ1v) is 11.9. The van der Waals surface area contributed by atoms with Gasteiger partial charge in [0.2, 0.25) is 0 Å². The van der Waals surface area contributed by atoms with E-state index >= 15 is 0 Å². The smallest absolute Gasteiger partial charge is 0.257 e. The zero-order valence-electron chi connectivity index (χ0n) is 18.0. The van der Waals surface area contributed by atoms with E-state index in [9.17, 15) is 13.2 Å². The highest BCUT2D eigenvalue weighted by Gasteiger charge is 2.30. The van der Waals surface area contributed by atoms with Gasteiger partial charge in [0.1, 0.15) is 22.8 Å². The third-order valence-electron chi connectivity index (χ3n) is 5.08. The molecule has 3 aromatic rings. The quantitative estimate of drug-likeness (QED) is 0.612. The number of benzene rings is 2. The number of fused-ring (bicyclic) bond motifs is 1. The highest BCUT2D eigenvalue weighted by molar-refractivity contribution is 7.90. The normalized spacial score (nSPS) is 14.7. The zero-order chi connectivity index (χ0) is 22.9. The van der Waals surface area contributed by atoms with Gasteiger partial charge >= 0.3 is 0 Å². The van der Waals surface area contributed by atoms with Gasteiger partial charge in [-0.1, -0.05) is 0 Å². The van der Waals surface area contributed by atoms with Crippen molar-refractivity contribution < 1.29 is 24.1 Å². The minimum Gasteiger partial charge on any atom is -0.487 e. The number of amides is 1. The maximum absolute atomic E-state index is 12.9. The summed E-state index contributed by atoms with van der Waals surface area (Å²) in [7, 11) is -3.31. The Morgan fingerprint density at radius 3 is 2.59 bits per heavy atom. The van der Waals surface area contributed by atoms with Crippen LogP contribution >= 0.6 is 0 Å². The van der Waals surface area contributed by atoms with Crippen molar-refractivity contribution in [1.29, 1.82) is 0 Å². The molecule has 0 aliphatic carbocycles. The second-order valence-electron chi connectivity index (χ2n) is 8.20. The van der Waals surface area contributed by atoms with Crippen LogP contribution in [0.1, 0.15) is 37.6 Å². The van der Waals surface area contributed by atoms with Gasteiger partial charge in [-0.3, -0.25) is 9.78 Å². The second kappa shape index (κ2) is 8.23. The van der Waals surface area contributed by atoms with E-state index in [-0.39, 0.29) is 17.8 Å². The average molecular weight is 456 g/mol. The first-order valence-electron chi connectivity index (χ1n) is 10.0. The number of aromatic nitrogens is 2. The fraction of sp³-hybridized carbons (Fsp3) is 0.261. The Kier molecular flexibility index (Phi) is 5.60. The van der Waals surface area contributed by atoms with Crippen LogP contribution in [0.3, 0.4) is 0 Å². The Labute approximate surface area is 188 Å². The Bertz CT molecular complexity index is 1260. The van der Waals surface area contributed by atoms with E-state index in [0.717, 1.165) is 18.2 Å². The molecule has 2 heterocycles. The van der Waals surface area contributed by atoms with Crippen LogP contribution in [0.15, 0.2) is 59.9 Å². The van der Waals surface area contributed by atoms with Crippen LogP contribution in [0.4, 0.5) is 5.82 Å². The van der Waals surface area contributed by atoms with Gasteiger partial charge < -0.3 is 14.8 Å². The molecule has 1 N–H and O–H groups in total. The molecule has 1 aliphatic heterocycles. The molecule has 0 saturated carbocycles. The minimum absolute atomic E-state index is 0. The molecule has 0 saturated heterocycles. The number of hydrogen-bond acceptors (Lipinski definition) is 7. The van der Waals surface area contributed by atoms with Gasteiger partial charge in [-0.05, 0) is 63.1 Å². The van der Waals surface area contributed by atoms with Crippen LogP contribution in [-0.2, 0) is 16.3 Å². The molecule has 1 aliphatic rings. The van der Waals surface area contributed by atoms with E-state index < -0.39 is 9.84 Å². The predicted molar refractivity (Wildman–Crippen MR) is 121 cm³/mol. The number of hydrogen-bond donors (Lipinski definition) is 1. The van der Waals surface area contributed by atoms with Crippen molar-refractivity contribution >= 4 is 21.6 Å². The van der Waals surface area contributed by atoms with E-state index in [1.807, 2.05) is 13.8 Å². The highest BCUT2D eigenvalue weighted by Crippen LogP contribution is 2.41. The summed E-state index contributed by atoms with van der Waals surface area (Å²) >= 11 is 0. The molecule has 168 valence electrons. The molecule has 0 unspecified atom stereocenters. The number of carbonyl (C=O) groups excluding carboxylic acids is 1. The maximum Gasteiger partial charge on any atom is 0.257 e. The monoisotopic (exact) mass is 455 g/mol. The van der Waals surface area contributed by atoms with Crippen molar-refractivity contribution in [3.8, 4) is 17.2 Å². The summed E-state index contributed by atoms with van der Waals surface area (Å²) in [4.78, 5) is 21.1. The Morgan fingerprint density at radius 2 is 1.94 bits per heavy atom. The summed E-state index contributed by atoms with van der Waals surface area (Å²) in [6, 6.07) is 9.49. The molecule has 0 atom stereocenters. The lowest BCUT2D eigenvalue weighted by Gasteiger charge is -2.33. The number of rotatable bonds is 5. The lowest BCUT2D eigenvalue weighted by molar-refractivity contribution is 0.0832. The van der Waals surface area contributed by atoms with Gasteiger partial charge in [0, 0.05) is 31.2 Å². The van der Waals surface area contributed by atoms with Crippen molar-refractivity contribution in [3.05, 3.63) is 66.1 Å². The van der Waals surface area contributed by atoms with Crippen LogP contribution in [0.25, 0.3) is 0 Å². The molecule has 1 amide bonds. The molecule has 4 rings (SSSR count). The molecule has 0 fully saturated rings. The average Bonchev–Trinajstić information content (AvgIpc) is 2.73. The van der Waals surface area contributed by atoms with Crippen molar-refractivity contribution in [2.75, 3.05) is 11.6 Å². The second-order valence-corrected chi connectivity index (χ2v) is 10.2. The Hall–Kier alpha value is -3.46. The van der Waals surface area contributed by atoms with E-state index in [4.69, 9.17) is 9.47 Å². The molecule has 1 aromatic heterocycles. The summed E-state index contributed by atoms with van der Waals surface area (Å²) in [5.41, 5.74) is 0.823. The van der Waals surface area contributed by atoms with Gasteiger partial charge in [-0.25, -0.2) is 13.4 Å². The largest absolute Gasteiger partial charge is 0.487 e. The van der Waals surface area contributed by atoms with E-state index in [2.05, 4.69) is 15.3 Å². The van der Waals surface area contributed by atoms with Gasteiger partial charge in [-0.15, -0.1) is 0 Å². The fourth-order valence-electron chi connectivity index (χ4n) is 3.39. The summed E-state index contributed by atoms with van der Waals surface area (Å²) in [6.07, 6.45) is 7.11. The molecule has 0 radical (unpaired) electrons. The van der Waals surface area contributed by atoms with Crippen LogP contribution in [-0.4, -0.2) is 36.1 Å². The molecular weight excluding hydrogens is 430 g/mol. The van der Waals surface area contributed by atoms with Crippen LogP contribution in [0.2, 0.25) is 0 Å². The van der Waals surface area contributed by atoms with Crippen molar-refractivity contribution in [1.82, 2.24) is 9.97 Å². The third kappa shape index (κ3) is 4.88. The standard InChI is InChI=1S/C23H23N3O5S.H2/c1-23(2)9-8-18-19(30-16-4-6-17(7-5-16)32(3,28)29)12-15(13-20(18)31-23)22(27)26-21-14-24-10-11-25-21;/h4-7,10-14H,8-9H2,1-3H3,(H,25,26,27);1H. The Balaban J connectivity index is 0.00000306. The van der Waals surface area contributed by atoms with Crippen LogP contribution in [0, 0.1) is 0 Å². The fourth-order valence-corrected chi connectivity index (χ4v) is 4.02. The third-order valence-corrected chi connectivity index (χ3v) is 6.21. The summed E-state index contributed by atoms with van der Waals surface area (Å²) in [5.74, 6) is 1.47. The molecule has 32 heavy (non-hydrogen) atoms. The first kappa shape index (κ1) is 21.8. The number of ether oxygens (including phenoxy) is 2. The number of anilines is 1. The van der Waals surface area contributed by atoms with Gasteiger partial charge in [0.25, 0.3) is 5.91 Å². The number of sulfone groups is 1. The van der Waals surface area contributed by atoms with Crippen molar-refractivity contribution in [2.24, 2.45) is 0 Å². The number of nitrogens with one attached hydrogen (secondary N) is 1. The predicted octanol–water partition coefficient (Wildman–Crippen LogP) is 4.27. The maximum atomic E-state index is 12.9. The summed E-state index contributed by atoms with van der Waals surface area (Å²) in [5, 5.41) is 2.71. The van der Waals surface area contributed by atoms with Crippen molar-refractivity contribution in [3.63, 3.8) is 0 Å². The molecule has 0 spiro atoms. The van der Waals surface area contributed by atoms with Crippen LogP contribution < -0.4 is 14.8 Å². The Morgan fingerprint density at radius 1 is 1.19 bits per heavy atom. The minimum atomic E-state index is -3.31. The van der Waals surface area contributed by atoms with E-state index in [1.165, 1.54) is 30.7 Å². The molecule has 2 aromatic carbocycles. The highest BCUT2D eigenvalue weighted by atomic mass is 32.2. The lowest BCUT2D eigenvalue weighted by atomic mass is 9.92. The molecule has 8 nitrogen and oxygen atoms in total. The van der Waals surface area contributed by atoms with E-state index in [0.29, 0.717) is 35.1 Å². The molecular formula is C23H25N3O5S. The van der Waals surface area contributed by atoms with Crippen molar-refractivity contribution in [2.45, 2.75) is 37.2 Å². The topological polar surface area (TPSA) is 107 Å². The van der Waals surface area contributed by atoms with Gasteiger partial charge in [0.15, 0.2) is 15.7 Å². The molecule has 0 bridgehead atoms. The SMILES string of the molecule is CC1(C)CCc2c(Oc3ccc(S(C)(=O)=O)cc3)cc(C(=O)Nc3cnccn3)cc2O1.[HH]. The number of nitrogens with zero attached hydrogens (tertiary/aromatic N) is 2. The summed E-state index contributed by atoms with van der Waals surface area (Å²) < 4.78 is 35.6. The van der Waals surface area contributed by atoms with Gasteiger partial charge in [-0.2, -0.15) is 0 Å². The van der Waals surface area contributed by atoms with E-state index in [1.54, 1.807) is 24.3 Å². The lowest BCUT2D eigenvalue weighted by Crippen LogP contribution is -2.33. The summed E-state index contributed by atoms with van der Waals surface area (Å²) in [6.45, 7) is 3.99. The molecule has 9 heteroatoms. The zero-order valence-corrected chi connectivity index (χ0v) is 18.8. The first-order chi connectivity index (χ1) is 15.1. The number of carbonyl (C=O) groups is 1. The van der Waals surface area contributed by atoms with Gasteiger partial charge in [0.05, 0.1) is 11.1 Å².